The van der Waals surface area contributed by atoms with Gasteiger partial charge in [-0.3, -0.25) is 4.68 Å². The van der Waals surface area contributed by atoms with Crippen LogP contribution in [0.15, 0.2) is 17.8 Å². The normalized spacial score (nSPS) is 28.3. The molecule has 3 heteroatoms. The third-order valence-corrected chi connectivity index (χ3v) is 4.04. The van der Waals surface area contributed by atoms with Crippen LogP contribution in [-0.4, -0.2) is 15.8 Å². The van der Waals surface area contributed by atoms with Gasteiger partial charge >= 0.3 is 0 Å². The molecule has 0 spiro atoms. The smallest absolute Gasteiger partial charge is 0.0850 e. The average molecular weight is 231 g/mol. The van der Waals surface area contributed by atoms with Crippen molar-refractivity contribution in [1.82, 2.24) is 9.78 Å². The van der Waals surface area contributed by atoms with E-state index < -0.39 is 0 Å². The molecule has 0 saturated heterocycles. The molecular formula is C14H21N3. The molecule has 1 atom stereocenters. The summed E-state index contributed by atoms with van der Waals surface area (Å²) < 4.78 is 2.16. The largest absolute Gasteiger partial charge is 0.327 e. The van der Waals surface area contributed by atoms with E-state index in [4.69, 9.17) is 5.73 Å². The van der Waals surface area contributed by atoms with Gasteiger partial charge in [-0.2, -0.15) is 5.10 Å². The fourth-order valence-corrected chi connectivity index (χ4v) is 3.05. The van der Waals surface area contributed by atoms with E-state index in [2.05, 4.69) is 28.1 Å². The zero-order valence-electron chi connectivity index (χ0n) is 10.3. The predicted octanol–water partition coefficient (Wildman–Crippen LogP) is 2.89. The number of hydrogen-bond donors (Lipinski definition) is 1. The first kappa shape index (κ1) is 11.0. The lowest BCUT2D eigenvalue weighted by Crippen LogP contribution is -2.13. The van der Waals surface area contributed by atoms with Crippen LogP contribution < -0.4 is 5.73 Å². The summed E-state index contributed by atoms with van der Waals surface area (Å²) in [7, 11) is 0. The minimum absolute atomic E-state index is 0.373. The number of nitrogens with two attached hydrogens (primary N) is 1. The van der Waals surface area contributed by atoms with E-state index >= 15 is 0 Å². The number of rotatable bonds is 2. The summed E-state index contributed by atoms with van der Waals surface area (Å²) in [5.41, 5.74) is 8.50. The molecule has 0 amide bonds. The highest BCUT2D eigenvalue weighted by molar-refractivity contribution is 5.49. The Morgan fingerprint density at radius 3 is 2.82 bits per heavy atom. The molecule has 0 bridgehead atoms. The Hall–Kier alpha value is -1.09. The van der Waals surface area contributed by atoms with Crippen LogP contribution in [0, 0.1) is 0 Å². The van der Waals surface area contributed by atoms with E-state index in [9.17, 15) is 0 Å². The van der Waals surface area contributed by atoms with Gasteiger partial charge in [-0.1, -0.05) is 18.4 Å². The van der Waals surface area contributed by atoms with Crippen LogP contribution >= 0.6 is 0 Å². The molecule has 1 aromatic rings. The molecule has 2 fully saturated rings. The second-order valence-electron chi connectivity index (χ2n) is 5.46. The fourth-order valence-electron chi connectivity index (χ4n) is 3.05. The first-order valence-electron chi connectivity index (χ1n) is 6.81. The Morgan fingerprint density at radius 2 is 2.12 bits per heavy atom. The fraction of sp³-hybridized carbons (Fsp3) is 0.643. The summed E-state index contributed by atoms with van der Waals surface area (Å²) in [5, 5.41) is 4.68. The monoisotopic (exact) mass is 231 g/mol. The summed E-state index contributed by atoms with van der Waals surface area (Å²) in [6.45, 7) is 0. The summed E-state index contributed by atoms with van der Waals surface area (Å²) in [4.78, 5) is 0. The molecule has 1 aromatic heterocycles. The Bertz CT molecular complexity index is 413. The highest BCUT2D eigenvalue weighted by Gasteiger charge is 2.18. The van der Waals surface area contributed by atoms with E-state index in [1.807, 2.05) is 0 Å². The van der Waals surface area contributed by atoms with Crippen molar-refractivity contribution in [2.45, 2.75) is 57.0 Å². The van der Waals surface area contributed by atoms with Crippen LogP contribution in [0.2, 0.25) is 0 Å². The van der Waals surface area contributed by atoms with Gasteiger partial charge in [-0.05, 0) is 44.2 Å². The molecule has 0 radical (unpaired) electrons. The van der Waals surface area contributed by atoms with E-state index in [0.29, 0.717) is 12.1 Å². The zero-order chi connectivity index (χ0) is 11.7. The zero-order valence-corrected chi connectivity index (χ0v) is 10.3. The molecule has 1 heterocycles. The van der Waals surface area contributed by atoms with Gasteiger partial charge in [0.15, 0.2) is 0 Å². The molecule has 2 aliphatic carbocycles. The van der Waals surface area contributed by atoms with E-state index in [0.717, 1.165) is 25.0 Å². The van der Waals surface area contributed by atoms with Crippen LogP contribution in [0.5, 0.6) is 0 Å². The molecule has 2 saturated carbocycles. The third-order valence-electron chi connectivity index (χ3n) is 4.04. The second kappa shape index (κ2) is 4.65. The maximum absolute atomic E-state index is 5.92. The van der Waals surface area contributed by atoms with Crippen LogP contribution in [0.1, 0.15) is 56.7 Å². The highest BCUT2D eigenvalue weighted by Crippen LogP contribution is 2.29. The van der Waals surface area contributed by atoms with Crippen molar-refractivity contribution in [3.8, 4) is 0 Å². The van der Waals surface area contributed by atoms with Gasteiger partial charge in [0.2, 0.25) is 0 Å². The molecule has 0 aromatic carbocycles. The van der Waals surface area contributed by atoms with Gasteiger partial charge in [-0.25, -0.2) is 0 Å². The number of hydrogen-bond acceptors (Lipinski definition) is 2. The van der Waals surface area contributed by atoms with Gasteiger partial charge in [-0.15, -0.1) is 0 Å². The van der Waals surface area contributed by atoms with Crippen LogP contribution in [0.4, 0.5) is 0 Å². The minimum atomic E-state index is 0.373. The Labute approximate surface area is 103 Å². The second-order valence-corrected chi connectivity index (χ2v) is 5.46. The van der Waals surface area contributed by atoms with Gasteiger partial charge in [0.05, 0.1) is 11.7 Å². The van der Waals surface area contributed by atoms with E-state index in [1.165, 1.54) is 31.3 Å². The molecule has 92 valence electrons. The van der Waals surface area contributed by atoms with Crippen LogP contribution in [-0.2, 0) is 0 Å². The van der Waals surface area contributed by atoms with Gasteiger partial charge in [0.25, 0.3) is 0 Å². The SMILES string of the molecule is NC1CCC(=Cc2ccn(C3CCCC3)n2)C1. The lowest BCUT2D eigenvalue weighted by Gasteiger charge is -2.08. The quantitative estimate of drug-likeness (QED) is 0.850. The van der Waals surface area contributed by atoms with Gasteiger partial charge in [0, 0.05) is 12.2 Å². The molecule has 1 unspecified atom stereocenters. The Balaban J connectivity index is 1.72. The van der Waals surface area contributed by atoms with Crippen LogP contribution in [0.25, 0.3) is 6.08 Å². The lowest BCUT2D eigenvalue weighted by molar-refractivity contribution is 0.466. The first-order valence-corrected chi connectivity index (χ1v) is 6.81. The average Bonchev–Trinajstić information content (AvgIpc) is 3.00. The summed E-state index contributed by atoms with van der Waals surface area (Å²) >= 11 is 0. The molecule has 3 nitrogen and oxygen atoms in total. The van der Waals surface area contributed by atoms with Crippen molar-refractivity contribution in [2.24, 2.45) is 5.73 Å². The predicted molar refractivity (Wildman–Crippen MR) is 69.5 cm³/mol. The highest BCUT2D eigenvalue weighted by atomic mass is 15.3. The minimum Gasteiger partial charge on any atom is -0.327 e. The standard InChI is InChI=1S/C14H21N3/c15-12-6-5-11(9-12)10-13-7-8-17(16-13)14-3-1-2-4-14/h7-8,10,12,14H,1-6,9,15H2. The van der Waals surface area contributed by atoms with Gasteiger partial charge < -0.3 is 5.73 Å². The van der Waals surface area contributed by atoms with Crippen molar-refractivity contribution in [3.63, 3.8) is 0 Å². The van der Waals surface area contributed by atoms with Crippen molar-refractivity contribution < 1.29 is 0 Å². The van der Waals surface area contributed by atoms with E-state index in [-0.39, 0.29) is 0 Å². The maximum Gasteiger partial charge on any atom is 0.0850 e. The van der Waals surface area contributed by atoms with E-state index in [1.54, 1.807) is 0 Å². The third kappa shape index (κ3) is 2.44. The van der Waals surface area contributed by atoms with Crippen molar-refractivity contribution in [2.75, 3.05) is 0 Å². The molecular weight excluding hydrogens is 210 g/mol. The molecule has 17 heavy (non-hydrogen) atoms. The molecule has 2 aliphatic rings. The van der Waals surface area contributed by atoms with Crippen molar-refractivity contribution in [1.29, 1.82) is 0 Å². The number of aromatic nitrogens is 2. The molecule has 0 aliphatic heterocycles. The Kier molecular flexibility index (Phi) is 3.02. The first-order chi connectivity index (χ1) is 8.31. The molecule has 2 N–H and O–H groups in total. The van der Waals surface area contributed by atoms with Crippen molar-refractivity contribution >= 4 is 6.08 Å². The van der Waals surface area contributed by atoms with Gasteiger partial charge in [0.1, 0.15) is 0 Å². The Morgan fingerprint density at radius 1 is 1.29 bits per heavy atom. The van der Waals surface area contributed by atoms with Crippen molar-refractivity contribution in [3.05, 3.63) is 23.5 Å². The lowest BCUT2D eigenvalue weighted by atomic mass is 10.2. The summed E-state index contributed by atoms with van der Waals surface area (Å²) in [5.74, 6) is 0. The number of nitrogens with zero attached hydrogens (tertiary/aromatic N) is 2. The molecule has 3 rings (SSSR count). The summed E-state index contributed by atoms with van der Waals surface area (Å²) in [6, 6.07) is 3.15. The summed E-state index contributed by atoms with van der Waals surface area (Å²) in [6.07, 6.45) is 13.0. The van der Waals surface area contributed by atoms with Crippen LogP contribution in [0.3, 0.4) is 0 Å². The maximum atomic E-state index is 5.92. The topological polar surface area (TPSA) is 43.8 Å².